The molecule has 1 aromatic heterocycles. The van der Waals surface area contributed by atoms with Crippen LogP contribution in [0.5, 0.6) is 0 Å². The lowest BCUT2D eigenvalue weighted by Crippen LogP contribution is -2.31. The van der Waals surface area contributed by atoms with E-state index in [1.54, 1.807) is 0 Å². The van der Waals surface area contributed by atoms with Crippen molar-refractivity contribution in [2.45, 2.75) is 47.1 Å². The number of hydrogen-bond acceptors (Lipinski definition) is 6. The van der Waals surface area contributed by atoms with Crippen molar-refractivity contribution in [2.75, 3.05) is 17.2 Å². The lowest BCUT2D eigenvalue weighted by atomic mass is 9.88. The summed E-state index contributed by atoms with van der Waals surface area (Å²) in [6.45, 7) is 10.9. The summed E-state index contributed by atoms with van der Waals surface area (Å²) >= 11 is 0. The van der Waals surface area contributed by atoms with Crippen LogP contribution in [0.15, 0.2) is 6.20 Å². The molecule has 1 aromatic rings. The highest BCUT2D eigenvalue weighted by molar-refractivity contribution is 5.57. The largest absolute Gasteiger partial charge is 0.361 e. The van der Waals surface area contributed by atoms with Crippen molar-refractivity contribution >= 4 is 17.5 Å². The van der Waals surface area contributed by atoms with Gasteiger partial charge in [0.2, 0.25) is 11.8 Å². The Kier molecular flexibility index (Phi) is 5.24. The average molecular weight is 281 g/mol. The minimum Gasteiger partial charge on any atom is -0.361 e. The molecule has 2 N–H and O–H groups in total. The third-order valence-corrected chi connectivity index (χ3v) is 3.15. The van der Waals surface area contributed by atoms with Crippen LogP contribution in [-0.2, 0) is 0 Å². The number of nitro groups is 1. The van der Waals surface area contributed by atoms with Crippen molar-refractivity contribution in [3.63, 3.8) is 0 Å². The lowest BCUT2D eigenvalue weighted by Gasteiger charge is -2.28. The first-order valence-electron chi connectivity index (χ1n) is 6.77. The number of aromatic nitrogens is 2. The van der Waals surface area contributed by atoms with E-state index in [0.29, 0.717) is 5.95 Å². The second kappa shape index (κ2) is 6.49. The Bertz CT molecular complexity index is 470. The normalized spacial score (nSPS) is 12.8. The van der Waals surface area contributed by atoms with Crippen molar-refractivity contribution in [3.8, 4) is 0 Å². The highest BCUT2D eigenvalue weighted by atomic mass is 16.6. The summed E-state index contributed by atoms with van der Waals surface area (Å²) in [6.07, 6.45) is 2.17. The predicted octanol–water partition coefficient (Wildman–Crippen LogP) is 3.05. The fraction of sp³-hybridized carbons (Fsp3) is 0.692. The standard InChI is InChI=1S/C13H23N5O2/c1-6-7-14-12-15-8-10(18(19)20)11(17-12)16-9(2)13(3,4)5/h8-9H,6-7H2,1-5H3,(H2,14,15,16,17). The van der Waals surface area contributed by atoms with Gasteiger partial charge in [-0.15, -0.1) is 0 Å². The molecule has 0 spiro atoms. The molecule has 1 rings (SSSR count). The van der Waals surface area contributed by atoms with Gasteiger partial charge >= 0.3 is 5.69 Å². The quantitative estimate of drug-likeness (QED) is 0.615. The highest BCUT2D eigenvalue weighted by Crippen LogP contribution is 2.27. The monoisotopic (exact) mass is 281 g/mol. The first kappa shape index (κ1) is 16.1. The first-order valence-corrected chi connectivity index (χ1v) is 6.77. The number of anilines is 2. The third-order valence-electron chi connectivity index (χ3n) is 3.15. The molecule has 0 bridgehead atoms. The highest BCUT2D eigenvalue weighted by Gasteiger charge is 2.24. The van der Waals surface area contributed by atoms with Crippen molar-refractivity contribution < 1.29 is 4.92 Å². The summed E-state index contributed by atoms with van der Waals surface area (Å²) in [7, 11) is 0. The van der Waals surface area contributed by atoms with Gasteiger partial charge in [0.05, 0.1) is 4.92 Å². The SMILES string of the molecule is CCCNc1ncc([N+](=O)[O-])c(NC(C)C(C)(C)C)n1. The van der Waals surface area contributed by atoms with Gasteiger partial charge in [-0.1, -0.05) is 27.7 Å². The summed E-state index contributed by atoms with van der Waals surface area (Å²) in [5.41, 5.74) is -0.140. The Morgan fingerprint density at radius 2 is 2.10 bits per heavy atom. The van der Waals surface area contributed by atoms with Crippen molar-refractivity contribution in [2.24, 2.45) is 5.41 Å². The molecule has 7 heteroatoms. The molecular weight excluding hydrogens is 258 g/mol. The minimum absolute atomic E-state index is 0.0319. The molecule has 0 fully saturated rings. The second-order valence-electron chi connectivity index (χ2n) is 5.84. The Balaban J connectivity index is 3.03. The zero-order valence-electron chi connectivity index (χ0n) is 12.7. The van der Waals surface area contributed by atoms with Crippen LogP contribution < -0.4 is 10.6 Å². The van der Waals surface area contributed by atoms with E-state index in [-0.39, 0.29) is 23.0 Å². The fourth-order valence-electron chi connectivity index (χ4n) is 1.36. The van der Waals surface area contributed by atoms with Gasteiger partial charge in [-0.25, -0.2) is 4.98 Å². The van der Waals surface area contributed by atoms with E-state index in [4.69, 9.17) is 0 Å². The van der Waals surface area contributed by atoms with E-state index < -0.39 is 4.92 Å². The minimum atomic E-state index is -0.471. The Morgan fingerprint density at radius 1 is 1.45 bits per heavy atom. The summed E-state index contributed by atoms with van der Waals surface area (Å²) in [5.74, 6) is 0.659. The Labute approximate surface area is 119 Å². The fourth-order valence-corrected chi connectivity index (χ4v) is 1.36. The van der Waals surface area contributed by atoms with Gasteiger partial charge in [-0.2, -0.15) is 4.98 Å². The molecule has 0 aliphatic heterocycles. The van der Waals surface area contributed by atoms with E-state index in [1.807, 2.05) is 13.8 Å². The zero-order valence-corrected chi connectivity index (χ0v) is 12.7. The van der Waals surface area contributed by atoms with Crippen molar-refractivity contribution in [1.29, 1.82) is 0 Å². The summed E-state index contributed by atoms with van der Waals surface area (Å²) in [4.78, 5) is 18.7. The molecule has 0 aliphatic carbocycles. The molecule has 1 heterocycles. The molecule has 20 heavy (non-hydrogen) atoms. The summed E-state index contributed by atoms with van der Waals surface area (Å²) in [5, 5.41) is 17.2. The molecule has 0 amide bonds. The van der Waals surface area contributed by atoms with Gasteiger partial charge in [0, 0.05) is 12.6 Å². The third kappa shape index (κ3) is 4.32. The van der Waals surface area contributed by atoms with Gasteiger partial charge in [0.25, 0.3) is 0 Å². The maximum Gasteiger partial charge on any atom is 0.329 e. The van der Waals surface area contributed by atoms with E-state index in [2.05, 4.69) is 41.4 Å². The molecule has 0 saturated carbocycles. The Hall–Kier alpha value is -1.92. The lowest BCUT2D eigenvalue weighted by molar-refractivity contribution is -0.384. The van der Waals surface area contributed by atoms with Crippen LogP contribution in [-0.4, -0.2) is 27.5 Å². The number of nitrogens with zero attached hydrogens (tertiary/aromatic N) is 3. The first-order chi connectivity index (χ1) is 9.25. The maximum absolute atomic E-state index is 11.0. The predicted molar refractivity (Wildman–Crippen MR) is 80.0 cm³/mol. The molecule has 7 nitrogen and oxygen atoms in total. The van der Waals surface area contributed by atoms with Crippen LogP contribution in [0.1, 0.15) is 41.0 Å². The van der Waals surface area contributed by atoms with E-state index >= 15 is 0 Å². The van der Waals surface area contributed by atoms with Crippen LogP contribution in [0.4, 0.5) is 17.5 Å². The number of hydrogen-bond donors (Lipinski definition) is 2. The Morgan fingerprint density at radius 3 is 2.60 bits per heavy atom. The molecule has 0 radical (unpaired) electrons. The molecule has 1 atom stereocenters. The van der Waals surface area contributed by atoms with Crippen LogP contribution >= 0.6 is 0 Å². The topological polar surface area (TPSA) is 93.0 Å². The molecular formula is C13H23N5O2. The van der Waals surface area contributed by atoms with E-state index in [9.17, 15) is 10.1 Å². The van der Waals surface area contributed by atoms with Gasteiger partial charge < -0.3 is 10.6 Å². The molecule has 0 aromatic carbocycles. The molecule has 112 valence electrons. The second-order valence-corrected chi connectivity index (χ2v) is 5.84. The van der Waals surface area contributed by atoms with Gasteiger partial charge in [-0.3, -0.25) is 10.1 Å². The number of nitrogens with one attached hydrogen (secondary N) is 2. The van der Waals surface area contributed by atoms with E-state index in [1.165, 1.54) is 6.20 Å². The summed E-state index contributed by atoms with van der Waals surface area (Å²) < 4.78 is 0. The van der Waals surface area contributed by atoms with Crippen LogP contribution in [0.2, 0.25) is 0 Å². The van der Waals surface area contributed by atoms with E-state index in [0.717, 1.165) is 13.0 Å². The molecule has 1 unspecified atom stereocenters. The molecule has 0 aliphatic rings. The van der Waals surface area contributed by atoms with Crippen LogP contribution in [0, 0.1) is 15.5 Å². The number of rotatable bonds is 6. The van der Waals surface area contributed by atoms with Crippen LogP contribution in [0.25, 0.3) is 0 Å². The smallest absolute Gasteiger partial charge is 0.329 e. The van der Waals surface area contributed by atoms with Crippen molar-refractivity contribution in [3.05, 3.63) is 16.3 Å². The average Bonchev–Trinajstić information content (AvgIpc) is 2.35. The van der Waals surface area contributed by atoms with Crippen LogP contribution in [0.3, 0.4) is 0 Å². The van der Waals surface area contributed by atoms with Gasteiger partial charge in [-0.05, 0) is 18.8 Å². The zero-order chi connectivity index (χ0) is 15.3. The van der Waals surface area contributed by atoms with Gasteiger partial charge in [0.1, 0.15) is 6.20 Å². The van der Waals surface area contributed by atoms with Crippen molar-refractivity contribution in [1.82, 2.24) is 9.97 Å². The van der Waals surface area contributed by atoms with Gasteiger partial charge in [0.15, 0.2) is 0 Å². The summed E-state index contributed by atoms with van der Waals surface area (Å²) in [6, 6.07) is 0.0372. The molecule has 0 saturated heterocycles. The maximum atomic E-state index is 11.0.